The molecule has 1 N–H and O–H groups in total. The van der Waals surface area contributed by atoms with Gasteiger partial charge in [-0.05, 0) is 30.2 Å². The van der Waals surface area contributed by atoms with Crippen molar-refractivity contribution in [3.63, 3.8) is 0 Å². The van der Waals surface area contributed by atoms with Crippen molar-refractivity contribution >= 4 is 45.9 Å². The standard InChI is InChI=1S/C21H19Cl2NO3/c1-2-5-17-20(19(25)11-22)15-9-8-13(21(26)27)10-18(15)24(17)12-14-6-3-4-7-16(14)23/h3-4,6-10H,2,5,11-12H2,1H3,(H,26,27). The zero-order valence-corrected chi connectivity index (χ0v) is 16.3. The van der Waals surface area contributed by atoms with Gasteiger partial charge >= 0.3 is 5.97 Å². The second-order valence-corrected chi connectivity index (χ2v) is 7.02. The molecule has 3 aromatic rings. The smallest absolute Gasteiger partial charge is 0.335 e. The average Bonchev–Trinajstić information content (AvgIpc) is 2.96. The lowest BCUT2D eigenvalue weighted by molar-refractivity contribution is 0.0697. The molecule has 4 nitrogen and oxygen atoms in total. The molecule has 27 heavy (non-hydrogen) atoms. The summed E-state index contributed by atoms with van der Waals surface area (Å²) in [5.41, 5.74) is 3.21. The Morgan fingerprint density at radius 3 is 2.52 bits per heavy atom. The Kier molecular flexibility index (Phi) is 5.88. The van der Waals surface area contributed by atoms with Crippen molar-refractivity contribution in [2.75, 3.05) is 5.88 Å². The van der Waals surface area contributed by atoms with Crippen LogP contribution in [0.3, 0.4) is 0 Å². The highest BCUT2D eigenvalue weighted by Crippen LogP contribution is 2.31. The lowest BCUT2D eigenvalue weighted by Gasteiger charge is -2.13. The Labute approximate surface area is 167 Å². The summed E-state index contributed by atoms with van der Waals surface area (Å²) in [6.45, 7) is 2.49. The number of benzene rings is 2. The van der Waals surface area contributed by atoms with Crippen molar-refractivity contribution in [1.29, 1.82) is 0 Å². The molecule has 0 unspecified atom stereocenters. The predicted molar refractivity (Wildman–Crippen MR) is 108 cm³/mol. The van der Waals surface area contributed by atoms with Gasteiger partial charge in [-0.25, -0.2) is 4.79 Å². The summed E-state index contributed by atoms with van der Waals surface area (Å²) in [4.78, 5) is 24.0. The third kappa shape index (κ3) is 3.73. The maximum Gasteiger partial charge on any atom is 0.335 e. The number of hydrogen-bond acceptors (Lipinski definition) is 2. The minimum atomic E-state index is -1.01. The van der Waals surface area contributed by atoms with Gasteiger partial charge in [0, 0.05) is 28.2 Å². The first-order valence-corrected chi connectivity index (χ1v) is 9.60. The van der Waals surface area contributed by atoms with Crippen molar-refractivity contribution in [2.45, 2.75) is 26.3 Å². The van der Waals surface area contributed by atoms with Crippen LogP contribution in [0, 0.1) is 0 Å². The van der Waals surface area contributed by atoms with Gasteiger partial charge in [0.05, 0.1) is 17.0 Å². The zero-order chi connectivity index (χ0) is 19.6. The van der Waals surface area contributed by atoms with Crippen molar-refractivity contribution in [3.8, 4) is 0 Å². The van der Waals surface area contributed by atoms with Crippen LogP contribution >= 0.6 is 23.2 Å². The lowest BCUT2D eigenvalue weighted by Crippen LogP contribution is -2.09. The largest absolute Gasteiger partial charge is 0.478 e. The van der Waals surface area contributed by atoms with E-state index in [9.17, 15) is 14.7 Å². The van der Waals surface area contributed by atoms with Gasteiger partial charge < -0.3 is 9.67 Å². The number of aromatic nitrogens is 1. The molecule has 0 fully saturated rings. The maximum atomic E-state index is 12.6. The summed E-state index contributed by atoms with van der Waals surface area (Å²) in [6.07, 6.45) is 1.52. The quantitative estimate of drug-likeness (QED) is 0.423. The summed E-state index contributed by atoms with van der Waals surface area (Å²) in [5, 5.41) is 10.7. The van der Waals surface area contributed by atoms with Gasteiger partial charge in [-0.3, -0.25) is 4.79 Å². The Morgan fingerprint density at radius 1 is 1.15 bits per heavy atom. The fraction of sp³-hybridized carbons (Fsp3) is 0.238. The number of aromatic carboxylic acids is 1. The Hall–Kier alpha value is -2.30. The van der Waals surface area contributed by atoms with E-state index in [-0.39, 0.29) is 17.2 Å². The van der Waals surface area contributed by atoms with Crippen LogP contribution < -0.4 is 0 Å². The summed E-state index contributed by atoms with van der Waals surface area (Å²) >= 11 is 12.2. The van der Waals surface area contributed by atoms with Gasteiger partial charge in [0.1, 0.15) is 0 Å². The van der Waals surface area contributed by atoms with Crippen LogP contribution in [0.1, 0.15) is 45.3 Å². The van der Waals surface area contributed by atoms with Gasteiger partial charge in [0.15, 0.2) is 5.78 Å². The Balaban J connectivity index is 2.31. The zero-order valence-electron chi connectivity index (χ0n) is 14.8. The molecule has 0 aliphatic carbocycles. The van der Waals surface area contributed by atoms with Crippen LogP contribution in [0.25, 0.3) is 10.9 Å². The first-order chi connectivity index (χ1) is 13.0. The molecule has 6 heteroatoms. The molecule has 0 saturated carbocycles. The number of nitrogens with zero attached hydrogens (tertiary/aromatic N) is 1. The van der Waals surface area contributed by atoms with Crippen LogP contribution in [0.2, 0.25) is 5.02 Å². The Bertz CT molecular complexity index is 1020. The third-order valence-corrected chi connectivity index (χ3v) is 5.20. The molecule has 2 aromatic carbocycles. The third-order valence-electron chi connectivity index (χ3n) is 4.59. The molecule has 0 atom stereocenters. The van der Waals surface area contributed by atoms with E-state index in [4.69, 9.17) is 23.2 Å². The average molecular weight is 404 g/mol. The first kappa shape index (κ1) is 19.5. The van der Waals surface area contributed by atoms with Crippen LogP contribution in [0.15, 0.2) is 42.5 Å². The number of carbonyl (C=O) groups is 2. The molecule has 3 rings (SSSR count). The highest BCUT2D eigenvalue weighted by Gasteiger charge is 2.23. The Morgan fingerprint density at radius 2 is 1.89 bits per heavy atom. The highest BCUT2D eigenvalue weighted by atomic mass is 35.5. The second-order valence-electron chi connectivity index (χ2n) is 6.34. The molecular weight excluding hydrogens is 385 g/mol. The van der Waals surface area contributed by atoms with Gasteiger partial charge in [-0.2, -0.15) is 0 Å². The van der Waals surface area contributed by atoms with E-state index in [1.165, 1.54) is 6.07 Å². The van der Waals surface area contributed by atoms with Crippen molar-refractivity contribution in [1.82, 2.24) is 4.57 Å². The van der Waals surface area contributed by atoms with E-state index >= 15 is 0 Å². The molecule has 0 bridgehead atoms. The van der Waals surface area contributed by atoms with Gasteiger partial charge in [-0.1, -0.05) is 49.2 Å². The lowest BCUT2D eigenvalue weighted by atomic mass is 10.0. The van der Waals surface area contributed by atoms with E-state index in [1.807, 2.05) is 35.8 Å². The molecule has 0 saturated heterocycles. The van der Waals surface area contributed by atoms with E-state index in [1.54, 1.807) is 12.1 Å². The minimum absolute atomic E-state index is 0.122. The molecule has 0 radical (unpaired) electrons. The van der Waals surface area contributed by atoms with Crippen LogP contribution in [0.4, 0.5) is 0 Å². The van der Waals surface area contributed by atoms with Crippen molar-refractivity contribution in [3.05, 3.63) is 69.9 Å². The molecule has 0 amide bonds. The SMILES string of the molecule is CCCc1c(C(=O)CCl)c2ccc(C(=O)O)cc2n1Cc1ccccc1Cl. The number of halogens is 2. The van der Waals surface area contributed by atoms with Gasteiger partial charge in [0.25, 0.3) is 0 Å². The predicted octanol–water partition coefficient (Wildman–Crippen LogP) is 5.42. The molecule has 0 aliphatic heterocycles. The molecule has 140 valence electrons. The highest BCUT2D eigenvalue weighted by molar-refractivity contribution is 6.32. The number of fused-ring (bicyclic) bond motifs is 1. The number of rotatable bonds is 7. The number of carboxylic acids is 1. The molecule has 1 heterocycles. The van der Waals surface area contributed by atoms with E-state index in [2.05, 4.69) is 0 Å². The second kappa shape index (κ2) is 8.15. The fourth-order valence-corrected chi connectivity index (χ4v) is 3.72. The van der Waals surface area contributed by atoms with Crippen LogP contribution in [-0.4, -0.2) is 27.3 Å². The maximum absolute atomic E-state index is 12.6. The summed E-state index contributed by atoms with van der Waals surface area (Å²) in [5.74, 6) is -1.29. The van der Waals surface area contributed by atoms with Crippen LogP contribution in [-0.2, 0) is 13.0 Å². The van der Waals surface area contributed by atoms with Crippen molar-refractivity contribution < 1.29 is 14.7 Å². The minimum Gasteiger partial charge on any atom is -0.478 e. The number of carboxylic acid groups (broad SMARTS) is 1. The first-order valence-electron chi connectivity index (χ1n) is 8.68. The normalized spacial score (nSPS) is 11.1. The van der Waals surface area contributed by atoms with E-state index < -0.39 is 5.97 Å². The summed E-state index contributed by atoms with van der Waals surface area (Å²) < 4.78 is 1.99. The summed E-state index contributed by atoms with van der Waals surface area (Å²) in [7, 11) is 0. The van der Waals surface area contributed by atoms with Gasteiger partial charge in [-0.15, -0.1) is 11.6 Å². The number of ketones is 1. The molecule has 1 aromatic heterocycles. The molecular formula is C21H19Cl2NO3. The van der Waals surface area contributed by atoms with E-state index in [0.717, 1.165) is 23.1 Å². The van der Waals surface area contributed by atoms with Gasteiger partial charge in [0.2, 0.25) is 0 Å². The van der Waals surface area contributed by atoms with Crippen molar-refractivity contribution in [2.24, 2.45) is 0 Å². The molecule has 0 aliphatic rings. The topological polar surface area (TPSA) is 59.3 Å². The number of Topliss-reactive ketones (excluding diaryl/α,β-unsaturated/α-hetero) is 1. The van der Waals surface area contributed by atoms with Crippen LogP contribution in [0.5, 0.6) is 0 Å². The molecule has 0 spiro atoms. The fourth-order valence-electron chi connectivity index (χ4n) is 3.39. The number of hydrogen-bond donors (Lipinski definition) is 1. The monoisotopic (exact) mass is 403 g/mol. The summed E-state index contributed by atoms with van der Waals surface area (Å²) in [6, 6.07) is 12.3. The van der Waals surface area contributed by atoms with E-state index in [0.29, 0.717) is 29.1 Å². The number of alkyl halides is 1. The number of carbonyl (C=O) groups excluding carboxylic acids is 1.